The van der Waals surface area contributed by atoms with E-state index < -0.39 is 10.0 Å². The molecule has 1 aromatic heterocycles. The first kappa shape index (κ1) is 15.6. The summed E-state index contributed by atoms with van der Waals surface area (Å²) in [7, 11) is -2.10. The van der Waals surface area contributed by atoms with E-state index in [1.165, 1.54) is 17.4 Å². The topological polar surface area (TPSA) is 70.5 Å². The molecule has 0 aliphatic rings. The van der Waals surface area contributed by atoms with Gasteiger partial charge in [-0.15, -0.1) is 0 Å². The molecule has 0 saturated heterocycles. The van der Waals surface area contributed by atoms with Gasteiger partial charge in [0.2, 0.25) is 10.0 Å². The van der Waals surface area contributed by atoms with E-state index in [0.717, 1.165) is 0 Å². The molecule has 1 heterocycles. The summed E-state index contributed by atoms with van der Waals surface area (Å²) < 4.78 is 26.5. The summed E-state index contributed by atoms with van der Waals surface area (Å²) in [5, 5.41) is 9.17. The molecule has 0 bridgehead atoms. The van der Waals surface area contributed by atoms with Crippen molar-refractivity contribution in [1.29, 1.82) is 0 Å². The van der Waals surface area contributed by atoms with Crippen LogP contribution in [0.3, 0.4) is 0 Å². The maximum absolute atomic E-state index is 12.6. The average molecular weight is 306 g/mol. The molecule has 2 aromatic rings. The first-order valence-corrected chi connectivity index (χ1v) is 7.96. The molecule has 0 radical (unpaired) electrons. The van der Waals surface area contributed by atoms with E-state index in [1.807, 2.05) is 6.07 Å². The van der Waals surface area contributed by atoms with E-state index >= 15 is 0 Å². The van der Waals surface area contributed by atoms with E-state index in [-0.39, 0.29) is 18.0 Å². The molecule has 112 valence electrons. The van der Waals surface area contributed by atoms with E-state index in [4.69, 9.17) is 0 Å². The van der Waals surface area contributed by atoms with Crippen LogP contribution in [-0.4, -0.2) is 29.9 Å². The van der Waals surface area contributed by atoms with Crippen LogP contribution in [0.15, 0.2) is 47.5 Å². The number of rotatable bonds is 5. The third-order valence-electron chi connectivity index (χ3n) is 3.23. The second-order valence-corrected chi connectivity index (χ2v) is 6.85. The Balaban J connectivity index is 2.33. The standard InChI is InChI=1S/C15H18N2O3S/c1-12-6-7-13(11-18)9-15(12)21(19,20)17(2)10-14-5-3-4-8-16-14/h3-9,18H,10-11H2,1-2H3. The molecule has 0 saturated carbocycles. The van der Waals surface area contributed by atoms with E-state index in [1.54, 1.807) is 37.4 Å². The smallest absolute Gasteiger partial charge is 0.243 e. The summed E-state index contributed by atoms with van der Waals surface area (Å²) >= 11 is 0. The lowest BCUT2D eigenvalue weighted by Gasteiger charge is -2.18. The molecular formula is C15H18N2O3S. The van der Waals surface area contributed by atoms with Gasteiger partial charge in [-0.1, -0.05) is 18.2 Å². The number of hydrogen-bond donors (Lipinski definition) is 1. The minimum absolute atomic E-state index is 0.188. The van der Waals surface area contributed by atoms with Gasteiger partial charge in [0, 0.05) is 13.2 Å². The number of pyridine rings is 1. The van der Waals surface area contributed by atoms with Gasteiger partial charge in [0.1, 0.15) is 0 Å². The summed E-state index contributed by atoms with van der Waals surface area (Å²) in [4.78, 5) is 4.35. The molecule has 0 fully saturated rings. The van der Waals surface area contributed by atoms with Crippen molar-refractivity contribution in [3.63, 3.8) is 0 Å². The first-order valence-electron chi connectivity index (χ1n) is 6.52. The molecule has 0 spiro atoms. The lowest BCUT2D eigenvalue weighted by Crippen LogP contribution is -2.27. The fourth-order valence-corrected chi connectivity index (χ4v) is 3.41. The molecule has 2 rings (SSSR count). The zero-order valence-electron chi connectivity index (χ0n) is 12.0. The molecular weight excluding hydrogens is 288 g/mol. The maximum Gasteiger partial charge on any atom is 0.243 e. The predicted molar refractivity (Wildman–Crippen MR) is 80.0 cm³/mol. The van der Waals surface area contributed by atoms with Crippen LogP contribution < -0.4 is 0 Å². The molecule has 0 unspecified atom stereocenters. The van der Waals surface area contributed by atoms with E-state index in [0.29, 0.717) is 16.8 Å². The number of aliphatic hydroxyl groups excluding tert-OH is 1. The highest BCUT2D eigenvalue weighted by Gasteiger charge is 2.23. The largest absolute Gasteiger partial charge is 0.392 e. The Morgan fingerprint density at radius 3 is 2.62 bits per heavy atom. The van der Waals surface area contributed by atoms with Gasteiger partial charge in [-0.05, 0) is 36.2 Å². The Morgan fingerprint density at radius 2 is 2.00 bits per heavy atom. The van der Waals surface area contributed by atoms with Crippen molar-refractivity contribution in [3.8, 4) is 0 Å². The average Bonchev–Trinajstić information content (AvgIpc) is 2.48. The molecule has 0 aliphatic heterocycles. The number of nitrogens with zero attached hydrogens (tertiary/aromatic N) is 2. The Morgan fingerprint density at radius 1 is 1.24 bits per heavy atom. The SMILES string of the molecule is Cc1ccc(CO)cc1S(=O)(=O)N(C)Cc1ccccn1. The number of aryl methyl sites for hydroxylation is 1. The monoisotopic (exact) mass is 306 g/mol. The van der Waals surface area contributed by atoms with Crippen LogP contribution in [0.4, 0.5) is 0 Å². The maximum atomic E-state index is 12.6. The van der Waals surface area contributed by atoms with Crippen molar-refractivity contribution in [2.24, 2.45) is 0 Å². The van der Waals surface area contributed by atoms with Gasteiger partial charge >= 0.3 is 0 Å². The predicted octanol–water partition coefficient (Wildman–Crippen LogP) is 1.70. The third kappa shape index (κ3) is 3.47. The minimum atomic E-state index is -3.62. The lowest BCUT2D eigenvalue weighted by atomic mass is 10.2. The summed E-state index contributed by atoms with van der Waals surface area (Å²) in [5.74, 6) is 0. The summed E-state index contributed by atoms with van der Waals surface area (Å²) in [6, 6.07) is 10.3. The van der Waals surface area contributed by atoms with Crippen molar-refractivity contribution in [2.45, 2.75) is 25.0 Å². The van der Waals surface area contributed by atoms with Crippen LogP contribution >= 0.6 is 0 Å². The van der Waals surface area contributed by atoms with Crippen LogP contribution in [0.5, 0.6) is 0 Å². The van der Waals surface area contributed by atoms with Gasteiger partial charge in [0.15, 0.2) is 0 Å². The molecule has 21 heavy (non-hydrogen) atoms. The lowest BCUT2D eigenvalue weighted by molar-refractivity contribution is 0.281. The zero-order chi connectivity index (χ0) is 15.5. The van der Waals surface area contributed by atoms with Crippen LogP contribution in [0.2, 0.25) is 0 Å². The number of benzene rings is 1. The molecule has 6 heteroatoms. The summed E-state index contributed by atoms with van der Waals surface area (Å²) in [5.41, 5.74) is 1.91. The van der Waals surface area contributed by atoms with Gasteiger partial charge in [-0.3, -0.25) is 4.98 Å². The van der Waals surface area contributed by atoms with Gasteiger partial charge in [-0.25, -0.2) is 8.42 Å². The summed E-state index contributed by atoms with van der Waals surface area (Å²) in [6.45, 7) is 1.75. The molecule has 5 nitrogen and oxygen atoms in total. The van der Waals surface area contributed by atoms with Gasteiger partial charge < -0.3 is 5.11 Å². The molecule has 1 aromatic carbocycles. The molecule has 0 atom stereocenters. The fraction of sp³-hybridized carbons (Fsp3) is 0.267. The molecule has 1 N–H and O–H groups in total. The minimum Gasteiger partial charge on any atom is -0.392 e. The number of hydrogen-bond acceptors (Lipinski definition) is 4. The molecule has 0 amide bonds. The van der Waals surface area contributed by atoms with E-state index in [2.05, 4.69) is 4.98 Å². The number of aliphatic hydroxyl groups is 1. The Kier molecular flexibility index (Phi) is 4.72. The van der Waals surface area contributed by atoms with Crippen LogP contribution in [0.25, 0.3) is 0 Å². The van der Waals surface area contributed by atoms with Crippen LogP contribution in [-0.2, 0) is 23.2 Å². The second-order valence-electron chi connectivity index (χ2n) is 4.84. The summed E-state index contributed by atoms with van der Waals surface area (Å²) in [6.07, 6.45) is 1.63. The third-order valence-corrected chi connectivity index (χ3v) is 5.18. The Hall–Kier alpha value is -1.76. The number of aromatic nitrogens is 1. The van der Waals surface area contributed by atoms with Gasteiger partial charge in [0.05, 0.1) is 23.7 Å². The van der Waals surface area contributed by atoms with Crippen LogP contribution in [0.1, 0.15) is 16.8 Å². The highest BCUT2D eigenvalue weighted by molar-refractivity contribution is 7.89. The Bertz CT molecular complexity index is 715. The first-order chi connectivity index (χ1) is 9.95. The van der Waals surface area contributed by atoms with E-state index in [9.17, 15) is 13.5 Å². The fourth-order valence-electron chi connectivity index (χ4n) is 1.99. The van der Waals surface area contributed by atoms with Crippen molar-refractivity contribution in [2.75, 3.05) is 7.05 Å². The highest BCUT2D eigenvalue weighted by Crippen LogP contribution is 2.21. The van der Waals surface area contributed by atoms with Crippen molar-refractivity contribution >= 4 is 10.0 Å². The normalized spacial score (nSPS) is 11.8. The molecule has 0 aliphatic carbocycles. The zero-order valence-corrected chi connectivity index (χ0v) is 12.8. The Labute approximate surface area is 124 Å². The van der Waals surface area contributed by atoms with Crippen molar-refractivity contribution < 1.29 is 13.5 Å². The quantitative estimate of drug-likeness (QED) is 0.913. The second kappa shape index (κ2) is 6.34. The van der Waals surface area contributed by atoms with Gasteiger partial charge in [0.25, 0.3) is 0 Å². The van der Waals surface area contributed by atoms with Gasteiger partial charge in [-0.2, -0.15) is 4.31 Å². The number of sulfonamides is 1. The highest BCUT2D eigenvalue weighted by atomic mass is 32.2. The van der Waals surface area contributed by atoms with Crippen molar-refractivity contribution in [1.82, 2.24) is 9.29 Å². The van der Waals surface area contributed by atoms with Crippen molar-refractivity contribution in [3.05, 3.63) is 59.4 Å². The van der Waals surface area contributed by atoms with Crippen LogP contribution in [0, 0.1) is 6.92 Å².